The monoisotopic (exact) mass is 384 g/mol. The molecular weight excluding hydrogens is 368 g/mol. The van der Waals surface area contributed by atoms with Crippen LogP contribution in [0.5, 0.6) is 0 Å². The molecule has 6 heteroatoms. The summed E-state index contributed by atoms with van der Waals surface area (Å²) >= 11 is 8.12. The molecule has 0 saturated heterocycles. The first-order chi connectivity index (χ1) is 12.6. The number of carbonyl (C=O) groups excluding carboxylic acids is 1. The Morgan fingerprint density at radius 2 is 1.96 bits per heavy atom. The SMILES string of the molecule is CCOC(=O)C1=C(C)N=C2Sc3ccccc3N2[C@@H]1c1ccccc1Cl. The number of ether oxygens (including phenoxy) is 1. The highest BCUT2D eigenvalue weighted by molar-refractivity contribution is 8.14. The Balaban J connectivity index is 1.93. The lowest BCUT2D eigenvalue weighted by atomic mass is 9.94. The number of thioether (sulfide) groups is 1. The molecular formula is C20H17ClN2O2S. The highest BCUT2D eigenvalue weighted by Gasteiger charge is 2.42. The van der Waals surface area contributed by atoms with Crippen LogP contribution in [0.15, 0.2) is 69.7 Å². The summed E-state index contributed by atoms with van der Waals surface area (Å²) in [5.74, 6) is -0.355. The first-order valence-electron chi connectivity index (χ1n) is 8.39. The summed E-state index contributed by atoms with van der Waals surface area (Å²) < 4.78 is 5.34. The van der Waals surface area contributed by atoms with E-state index in [-0.39, 0.29) is 12.0 Å². The molecule has 2 aromatic rings. The maximum Gasteiger partial charge on any atom is 0.338 e. The quantitative estimate of drug-likeness (QED) is 0.682. The van der Waals surface area contributed by atoms with E-state index in [2.05, 4.69) is 11.0 Å². The van der Waals surface area contributed by atoms with Crippen molar-refractivity contribution < 1.29 is 9.53 Å². The van der Waals surface area contributed by atoms with Crippen LogP contribution in [0.4, 0.5) is 5.69 Å². The second kappa shape index (κ2) is 6.82. The molecule has 2 heterocycles. The normalized spacial score (nSPS) is 18.3. The summed E-state index contributed by atoms with van der Waals surface area (Å²) in [6, 6.07) is 15.3. The number of esters is 1. The van der Waals surface area contributed by atoms with Crippen LogP contribution in [-0.4, -0.2) is 17.7 Å². The highest BCUT2D eigenvalue weighted by atomic mass is 35.5. The molecule has 0 saturated carbocycles. The summed E-state index contributed by atoms with van der Waals surface area (Å²) in [5, 5.41) is 1.46. The van der Waals surface area contributed by atoms with Gasteiger partial charge in [0, 0.05) is 9.92 Å². The number of rotatable bonds is 3. The first kappa shape index (κ1) is 17.2. The third-order valence-electron chi connectivity index (χ3n) is 4.41. The van der Waals surface area contributed by atoms with Gasteiger partial charge in [-0.25, -0.2) is 9.79 Å². The number of hydrogen-bond donors (Lipinski definition) is 0. The Hall–Kier alpha value is -2.24. The lowest BCUT2D eigenvalue weighted by Gasteiger charge is -2.35. The maximum absolute atomic E-state index is 12.8. The second-order valence-corrected chi connectivity index (χ2v) is 7.39. The van der Waals surface area contributed by atoms with E-state index in [0.717, 1.165) is 21.3 Å². The van der Waals surface area contributed by atoms with Crippen molar-refractivity contribution in [3.8, 4) is 0 Å². The molecule has 26 heavy (non-hydrogen) atoms. The predicted molar refractivity (Wildman–Crippen MR) is 106 cm³/mol. The molecule has 0 unspecified atom stereocenters. The number of hydrogen-bond acceptors (Lipinski definition) is 5. The van der Waals surface area contributed by atoms with Gasteiger partial charge in [-0.05, 0) is 49.4 Å². The van der Waals surface area contributed by atoms with E-state index in [9.17, 15) is 4.79 Å². The average molecular weight is 385 g/mol. The fourth-order valence-electron chi connectivity index (χ4n) is 3.31. The van der Waals surface area contributed by atoms with Crippen molar-refractivity contribution in [1.29, 1.82) is 0 Å². The van der Waals surface area contributed by atoms with Gasteiger partial charge in [-0.3, -0.25) is 0 Å². The summed E-state index contributed by atoms with van der Waals surface area (Å²) in [4.78, 5) is 20.7. The minimum absolute atomic E-state index is 0.312. The van der Waals surface area contributed by atoms with Crippen molar-refractivity contribution in [2.75, 3.05) is 11.5 Å². The fourth-order valence-corrected chi connectivity index (χ4v) is 4.65. The van der Waals surface area contributed by atoms with Gasteiger partial charge < -0.3 is 9.64 Å². The molecule has 0 radical (unpaired) electrons. The van der Waals surface area contributed by atoms with Crippen LogP contribution in [0.1, 0.15) is 25.5 Å². The van der Waals surface area contributed by atoms with E-state index in [0.29, 0.717) is 22.9 Å². The number of aliphatic imine (C=N–C) groups is 1. The van der Waals surface area contributed by atoms with Crippen LogP contribution in [-0.2, 0) is 9.53 Å². The molecule has 132 valence electrons. The standard InChI is InChI=1S/C20H17ClN2O2S/c1-3-25-19(24)17-12(2)22-20-23(15-10-6-7-11-16(15)26-20)18(17)13-8-4-5-9-14(13)21/h4-11,18H,3H2,1-2H3/t18-/m1/s1. The van der Waals surface area contributed by atoms with Gasteiger partial charge in [0.05, 0.1) is 29.6 Å². The van der Waals surface area contributed by atoms with E-state index in [1.807, 2.05) is 49.4 Å². The zero-order chi connectivity index (χ0) is 18.3. The molecule has 2 aliphatic rings. The van der Waals surface area contributed by atoms with Crippen LogP contribution < -0.4 is 4.90 Å². The Kier molecular flexibility index (Phi) is 4.51. The first-order valence-corrected chi connectivity index (χ1v) is 9.58. The molecule has 0 amide bonds. The van der Waals surface area contributed by atoms with Gasteiger partial charge in [0.25, 0.3) is 0 Å². The third-order valence-corrected chi connectivity index (χ3v) is 5.79. The fraction of sp³-hybridized carbons (Fsp3) is 0.200. The van der Waals surface area contributed by atoms with E-state index in [1.54, 1.807) is 18.7 Å². The van der Waals surface area contributed by atoms with Crippen LogP contribution >= 0.6 is 23.4 Å². The largest absolute Gasteiger partial charge is 0.463 e. The van der Waals surface area contributed by atoms with Gasteiger partial charge >= 0.3 is 5.97 Å². The summed E-state index contributed by atoms with van der Waals surface area (Å²) in [7, 11) is 0. The zero-order valence-electron chi connectivity index (χ0n) is 14.4. The van der Waals surface area contributed by atoms with Gasteiger partial charge in [-0.2, -0.15) is 0 Å². The Morgan fingerprint density at radius 1 is 1.23 bits per heavy atom. The van der Waals surface area contributed by atoms with E-state index >= 15 is 0 Å². The van der Waals surface area contributed by atoms with Gasteiger partial charge in [0.15, 0.2) is 5.17 Å². The van der Waals surface area contributed by atoms with Crippen LogP contribution in [0, 0.1) is 0 Å². The molecule has 0 aromatic heterocycles. The second-order valence-electron chi connectivity index (χ2n) is 5.98. The predicted octanol–water partition coefficient (Wildman–Crippen LogP) is 5.20. The number of allylic oxidation sites excluding steroid dienone is 1. The Bertz CT molecular complexity index is 954. The van der Waals surface area contributed by atoms with Crippen LogP contribution in [0.25, 0.3) is 0 Å². The van der Waals surface area contributed by atoms with E-state index < -0.39 is 0 Å². The molecule has 2 aromatic carbocycles. The minimum atomic E-state index is -0.369. The molecule has 0 N–H and O–H groups in total. The molecule has 2 aliphatic heterocycles. The molecule has 1 atom stereocenters. The molecule has 0 spiro atoms. The smallest absolute Gasteiger partial charge is 0.338 e. The maximum atomic E-state index is 12.8. The van der Waals surface area contributed by atoms with Gasteiger partial charge in [0.2, 0.25) is 0 Å². The number of halogens is 1. The zero-order valence-corrected chi connectivity index (χ0v) is 16.0. The van der Waals surface area contributed by atoms with Crippen molar-refractivity contribution in [2.24, 2.45) is 4.99 Å². The number of anilines is 1. The number of amidine groups is 1. The number of nitrogens with zero attached hydrogens (tertiary/aromatic N) is 2. The minimum Gasteiger partial charge on any atom is -0.463 e. The van der Waals surface area contributed by atoms with Crippen LogP contribution in [0.2, 0.25) is 5.02 Å². The number of fused-ring (bicyclic) bond motifs is 3. The van der Waals surface area contributed by atoms with Crippen molar-refractivity contribution >= 4 is 40.2 Å². The lowest BCUT2D eigenvalue weighted by Crippen LogP contribution is -2.37. The molecule has 0 fully saturated rings. The third kappa shape index (κ3) is 2.72. The van der Waals surface area contributed by atoms with Crippen molar-refractivity contribution in [3.63, 3.8) is 0 Å². The summed E-state index contributed by atoms with van der Waals surface area (Å²) in [6.45, 7) is 3.97. The summed E-state index contributed by atoms with van der Waals surface area (Å²) in [6.07, 6.45) is 0. The molecule has 4 rings (SSSR count). The van der Waals surface area contributed by atoms with Crippen molar-refractivity contribution in [1.82, 2.24) is 0 Å². The number of benzene rings is 2. The van der Waals surface area contributed by atoms with E-state index in [1.165, 1.54) is 0 Å². The van der Waals surface area contributed by atoms with Crippen molar-refractivity contribution in [3.05, 3.63) is 70.4 Å². The van der Waals surface area contributed by atoms with Gasteiger partial charge in [-0.15, -0.1) is 0 Å². The highest BCUT2D eigenvalue weighted by Crippen LogP contribution is 2.50. The molecule has 4 nitrogen and oxygen atoms in total. The Labute approximate surface area is 161 Å². The van der Waals surface area contributed by atoms with Crippen LogP contribution in [0.3, 0.4) is 0 Å². The van der Waals surface area contributed by atoms with Gasteiger partial charge in [-0.1, -0.05) is 41.9 Å². The number of para-hydroxylation sites is 1. The molecule has 0 bridgehead atoms. The lowest BCUT2D eigenvalue weighted by molar-refractivity contribution is -0.138. The topological polar surface area (TPSA) is 41.9 Å². The summed E-state index contributed by atoms with van der Waals surface area (Å²) in [5.41, 5.74) is 3.08. The average Bonchev–Trinajstić information content (AvgIpc) is 2.99. The Morgan fingerprint density at radius 3 is 2.73 bits per heavy atom. The van der Waals surface area contributed by atoms with E-state index in [4.69, 9.17) is 21.3 Å². The van der Waals surface area contributed by atoms with Crippen molar-refractivity contribution in [2.45, 2.75) is 24.8 Å². The van der Waals surface area contributed by atoms with Gasteiger partial charge in [0.1, 0.15) is 0 Å². The molecule has 0 aliphatic carbocycles. The number of carbonyl (C=O) groups is 1.